The highest BCUT2D eigenvalue weighted by Crippen LogP contribution is 2.35. The Bertz CT molecular complexity index is 1320. The number of rotatable bonds is 5. The molecule has 33 heavy (non-hydrogen) atoms. The fourth-order valence-corrected chi connectivity index (χ4v) is 3.86. The summed E-state index contributed by atoms with van der Waals surface area (Å²) in [4.78, 5) is 38.9. The maximum absolute atomic E-state index is 12.9. The normalized spacial score (nSPS) is 13.5. The molecule has 0 fully saturated rings. The molecule has 0 unspecified atom stereocenters. The third-order valence-corrected chi connectivity index (χ3v) is 5.95. The van der Waals surface area contributed by atoms with Crippen LogP contribution < -0.4 is 15.5 Å². The third-order valence-electron chi connectivity index (χ3n) is 4.71. The van der Waals surface area contributed by atoms with Crippen LogP contribution in [0.15, 0.2) is 77.5 Å². The molecule has 0 saturated heterocycles. The molecule has 1 aliphatic rings. The molecule has 1 aliphatic heterocycles. The van der Waals surface area contributed by atoms with Gasteiger partial charge in [-0.1, -0.05) is 58.5 Å². The number of imide groups is 1. The molecule has 0 atom stereocenters. The molecule has 0 radical (unpaired) electrons. The SMILES string of the molecule is O=C(Nc1ccccc1Cl)c1ccc(NC2=C(Cl)C(=O)N(c3cc(Cl)ccc3Cl)C2=O)cc1. The van der Waals surface area contributed by atoms with Crippen LogP contribution in [0.4, 0.5) is 17.1 Å². The second-order valence-electron chi connectivity index (χ2n) is 6.87. The molecule has 0 aliphatic carbocycles. The number of hydrogen-bond donors (Lipinski definition) is 2. The maximum Gasteiger partial charge on any atom is 0.283 e. The second kappa shape index (κ2) is 9.45. The predicted octanol–water partition coefficient (Wildman–Crippen LogP) is 6.33. The number of amides is 3. The van der Waals surface area contributed by atoms with E-state index in [1.165, 1.54) is 18.2 Å². The number of carbonyl (C=O) groups excluding carboxylic acids is 3. The van der Waals surface area contributed by atoms with E-state index in [9.17, 15) is 14.4 Å². The van der Waals surface area contributed by atoms with Gasteiger partial charge >= 0.3 is 0 Å². The summed E-state index contributed by atoms with van der Waals surface area (Å²) in [6.07, 6.45) is 0. The fourth-order valence-electron chi connectivity index (χ4n) is 3.09. The van der Waals surface area contributed by atoms with E-state index in [-0.39, 0.29) is 27.3 Å². The first-order chi connectivity index (χ1) is 15.8. The van der Waals surface area contributed by atoms with Gasteiger partial charge in [0.05, 0.1) is 21.4 Å². The number of para-hydroxylation sites is 1. The molecule has 0 aromatic heterocycles. The molecule has 3 aromatic rings. The van der Waals surface area contributed by atoms with Gasteiger partial charge in [-0.25, -0.2) is 4.90 Å². The van der Waals surface area contributed by atoms with Gasteiger partial charge in [-0.2, -0.15) is 0 Å². The van der Waals surface area contributed by atoms with E-state index >= 15 is 0 Å². The quantitative estimate of drug-likeness (QED) is 0.385. The Morgan fingerprint density at radius 3 is 2.18 bits per heavy atom. The highest BCUT2D eigenvalue weighted by atomic mass is 35.5. The second-order valence-corrected chi connectivity index (χ2v) is 8.50. The van der Waals surface area contributed by atoms with Crippen molar-refractivity contribution in [2.24, 2.45) is 0 Å². The van der Waals surface area contributed by atoms with Crippen LogP contribution in [0, 0.1) is 0 Å². The lowest BCUT2D eigenvalue weighted by Gasteiger charge is -2.17. The van der Waals surface area contributed by atoms with E-state index < -0.39 is 11.8 Å². The average molecular weight is 521 g/mol. The number of hydrogen-bond acceptors (Lipinski definition) is 4. The van der Waals surface area contributed by atoms with Crippen molar-refractivity contribution in [3.8, 4) is 0 Å². The minimum atomic E-state index is -0.732. The lowest BCUT2D eigenvalue weighted by atomic mass is 10.2. The van der Waals surface area contributed by atoms with Crippen LogP contribution in [0.2, 0.25) is 15.1 Å². The number of anilines is 3. The van der Waals surface area contributed by atoms with Crippen molar-refractivity contribution < 1.29 is 14.4 Å². The van der Waals surface area contributed by atoms with Crippen molar-refractivity contribution in [2.45, 2.75) is 0 Å². The van der Waals surface area contributed by atoms with Crippen molar-refractivity contribution in [3.63, 3.8) is 0 Å². The molecule has 0 bridgehead atoms. The molecular formula is C23H13Cl4N3O3. The van der Waals surface area contributed by atoms with Crippen molar-refractivity contribution in [3.05, 3.63) is 98.1 Å². The summed E-state index contributed by atoms with van der Waals surface area (Å²) in [5.74, 6) is -1.78. The minimum absolute atomic E-state index is 0.119. The summed E-state index contributed by atoms with van der Waals surface area (Å²) >= 11 is 24.3. The molecule has 3 amide bonds. The van der Waals surface area contributed by atoms with Gasteiger partial charge in [0.15, 0.2) is 0 Å². The molecule has 0 saturated carbocycles. The molecule has 4 rings (SSSR count). The van der Waals surface area contributed by atoms with Crippen molar-refractivity contribution in [1.29, 1.82) is 0 Å². The standard InChI is InChI=1S/C23H13Cl4N3O3/c24-13-7-10-16(26)18(11-13)30-22(32)19(27)20(23(30)33)28-14-8-5-12(6-9-14)21(31)29-17-4-2-1-3-15(17)25/h1-11,28H,(H,29,31). The highest BCUT2D eigenvalue weighted by molar-refractivity contribution is 6.54. The summed E-state index contributed by atoms with van der Waals surface area (Å²) in [6, 6.07) is 17.5. The summed E-state index contributed by atoms with van der Waals surface area (Å²) in [7, 11) is 0. The van der Waals surface area contributed by atoms with Crippen LogP contribution >= 0.6 is 46.4 Å². The van der Waals surface area contributed by atoms with Gasteiger partial charge in [0, 0.05) is 16.3 Å². The Labute approximate surface area is 208 Å². The van der Waals surface area contributed by atoms with Gasteiger partial charge in [-0.3, -0.25) is 14.4 Å². The Morgan fingerprint density at radius 2 is 1.48 bits per heavy atom. The molecular weight excluding hydrogens is 508 g/mol. The number of nitrogens with zero attached hydrogens (tertiary/aromatic N) is 1. The first kappa shape index (κ1) is 23.1. The predicted molar refractivity (Wildman–Crippen MR) is 131 cm³/mol. The number of halogens is 4. The van der Waals surface area contributed by atoms with Crippen molar-refractivity contribution in [1.82, 2.24) is 0 Å². The molecule has 1 heterocycles. The first-order valence-corrected chi connectivity index (χ1v) is 10.9. The molecule has 3 aromatic carbocycles. The number of nitrogens with one attached hydrogen (secondary N) is 2. The first-order valence-electron chi connectivity index (χ1n) is 9.43. The fraction of sp³-hybridized carbons (Fsp3) is 0. The Hall–Kier alpha value is -3.03. The van der Waals surface area contributed by atoms with E-state index in [2.05, 4.69) is 10.6 Å². The van der Waals surface area contributed by atoms with Gasteiger partial charge < -0.3 is 10.6 Å². The van der Waals surface area contributed by atoms with E-state index in [0.29, 0.717) is 27.0 Å². The third kappa shape index (κ3) is 4.70. The molecule has 2 N–H and O–H groups in total. The number of benzene rings is 3. The summed E-state index contributed by atoms with van der Waals surface area (Å²) in [6.45, 7) is 0. The number of carbonyl (C=O) groups is 3. The Balaban J connectivity index is 1.51. The van der Waals surface area contributed by atoms with E-state index in [1.54, 1.807) is 48.5 Å². The highest BCUT2D eigenvalue weighted by Gasteiger charge is 2.40. The summed E-state index contributed by atoms with van der Waals surface area (Å²) < 4.78 is 0. The van der Waals surface area contributed by atoms with Crippen LogP contribution in [-0.4, -0.2) is 17.7 Å². The van der Waals surface area contributed by atoms with Crippen LogP contribution in [0.1, 0.15) is 10.4 Å². The molecule has 6 nitrogen and oxygen atoms in total. The van der Waals surface area contributed by atoms with Crippen LogP contribution in [0.25, 0.3) is 0 Å². The maximum atomic E-state index is 12.9. The van der Waals surface area contributed by atoms with Crippen LogP contribution in [-0.2, 0) is 9.59 Å². The van der Waals surface area contributed by atoms with E-state index in [4.69, 9.17) is 46.4 Å². The summed E-state index contributed by atoms with van der Waals surface area (Å²) in [5.41, 5.74) is 1.30. The average Bonchev–Trinajstić information content (AvgIpc) is 3.00. The zero-order valence-corrected chi connectivity index (χ0v) is 19.6. The monoisotopic (exact) mass is 519 g/mol. The van der Waals surface area contributed by atoms with Crippen molar-refractivity contribution in [2.75, 3.05) is 15.5 Å². The molecule has 166 valence electrons. The van der Waals surface area contributed by atoms with E-state index in [0.717, 1.165) is 4.90 Å². The molecule has 0 spiro atoms. The zero-order valence-electron chi connectivity index (χ0n) is 16.5. The minimum Gasteiger partial charge on any atom is -0.350 e. The lowest BCUT2D eigenvalue weighted by molar-refractivity contribution is -0.120. The lowest BCUT2D eigenvalue weighted by Crippen LogP contribution is -2.32. The Morgan fingerprint density at radius 1 is 0.788 bits per heavy atom. The van der Waals surface area contributed by atoms with Gasteiger partial charge in [0.25, 0.3) is 17.7 Å². The van der Waals surface area contributed by atoms with Crippen LogP contribution in [0.5, 0.6) is 0 Å². The van der Waals surface area contributed by atoms with E-state index in [1.807, 2.05) is 0 Å². The van der Waals surface area contributed by atoms with Crippen LogP contribution in [0.3, 0.4) is 0 Å². The van der Waals surface area contributed by atoms with Gasteiger partial charge in [0.1, 0.15) is 10.7 Å². The van der Waals surface area contributed by atoms with Gasteiger partial charge in [-0.15, -0.1) is 0 Å². The largest absolute Gasteiger partial charge is 0.350 e. The smallest absolute Gasteiger partial charge is 0.283 e. The topological polar surface area (TPSA) is 78.5 Å². The molecule has 10 heteroatoms. The summed E-state index contributed by atoms with van der Waals surface area (Å²) in [5, 5.41) is 6.15. The van der Waals surface area contributed by atoms with Crippen molar-refractivity contribution >= 4 is 81.2 Å². The zero-order chi connectivity index (χ0) is 23.7. The van der Waals surface area contributed by atoms with Gasteiger partial charge in [-0.05, 0) is 54.6 Å². The van der Waals surface area contributed by atoms with Gasteiger partial charge in [0.2, 0.25) is 0 Å². The Kier molecular flexibility index (Phi) is 6.63.